The molecule has 0 radical (unpaired) electrons. The minimum Gasteiger partial charge on any atom is -0.291 e. The van der Waals surface area contributed by atoms with Gasteiger partial charge in [-0.05, 0) is 25.1 Å². The van der Waals surface area contributed by atoms with Gasteiger partial charge >= 0.3 is 0 Å². The number of carbonyl (C=O) groups excluding carboxylic acids is 2. The Morgan fingerprint density at radius 1 is 1.07 bits per heavy atom. The zero-order valence-electron chi connectivity index (χ0n) is 9.53. The Kier molecular flexibility index (Phi) is 3.13. The lowest BCUT2D eigenvalue weighted by Crippen LogP contribution is -2.62. The van der Waals surface area contributed by atoms with Crippen molar-refractivity contribution in [3.8, 4) is 0 Å². The van der Waals surface area contributed by atoms with E-state index < -0.39 is 5.41 Å². The van der Waals surface area contributed by atoms with Crippen molar-refractivity contribution in [2.45, 2.75) is 26.7 Å². The van der Waals surface area contributed by atoms with Crippen molar-refractivity contribution >= 4 is 29.1 Å². The van der Waals surface area contributed by atoms with Gasteiger partial charge in [0.15, 0.2) is 5.11 Å². The van der Waals surface area contributed by atoms with Gasteiger partial charge in [0, 0.05) is 14.1 Å². The average Bonchev–Trinajstić information content (AvgIpc) is 2.26. The number of amides is 2. The number of carbonyl (C=O) groups is 2. The summed E-state index contributed by atoms with van der Waals surface area (Å²) in [7, 11) is 3.24. The first-order valence-corrected chi connectivity index (χ1v) is 5.43. The summed E-state index contributed by atoms with van der Waals surface area (Å²) in [6, 6.07) is 0. The van der Waals surface area contributed by atoms with Crippen LogP contribution in [0.2, 0.25) is 0 Å². The third-order valence-electron chi connectivity index (χ3n) is 3.21. The van der Waals surface area contributed by atoms with Crippen LogP contribution in [0.5, 0.6) is 0 Å². The summed E-state index contributed by atoms with van der Waals surface area (Å²) < 4.78 is 0. The van der Waals surface area contributed by atoms with Gasteiger partial charge in [-0.2, -0.15) is 0 Å². The van der Waals surface area contributed by atoms with E-state index in [9.17, 15) is 9.59 Å². The summed E-state index contributed by atoms with van der Waals surface area (Å²) in [6.07, 6.45) is 1.02. The molecule has 2 amide bonds. The first-order valence-electron chi connectivity index (χ1n) is 5.02. The summed E-state index contributed by atoms with van der Waals surface area (Å²) in [6.45, 7) is 3.71. The van der Waals surface area contributed by atoms with Crippen molar-refractivity contribution in [1.29, 1.82) is 0 Å². The van der Waals surface area contributed by atoms with Crippen LogP contribution >= 0.6 is 12.2 Å². The molecule has 0 atom stereocenters. The third-order valence-corrected chi connectivity index (χ3v) is 3.76. The zero-order chi connectivity index (χ0) is 11.8. The molecule has 4 nitrogen and oxygen atoms in total. The molecule has 1 saturated heterocycles. The molecule has 0 unspecified atom stereocenters. The smallest absolute Gasteiger partial charge is 0.244 e. The van der Waals surface area contributed by atoms with Gasteiger partial charge in [0.2, 0.25) is 11.8 Å². The van der Waals surface area contributed by atoms with Crippen molar-refractivity contribution in [1.82, 2.24) is 9.80 Å². The van der Waals surface area contributed by atoms with Crippen molar-refractivity contribution < 1.29 is 9.59 Å². The summed E-state index contributed by atoms with van der Waals surface area (Å²) >= 11 is 5.01. The van der Waals surface area contributed by atoms with Gasteiger partial charge in [0.1, 0.15) is 5.41 Å². The molecule has 1 aliphatic heterocycles. The fourth-order valence-electron chi connectivity index (χ4n) is 1.99. The Morgan fingerprint density at radius 2 is 1.40 bits per heavy atom. The lowest BCUT2D eigenvalue weighted by atomic mass is 9.78. The van der Waals surface area contributed by atoms with Crippen molar-refractivity contribution in [3.05, 3.63) is 0 Å². The van der Waals surface area contributed by atoms with E-state index in [1.165, 1.54) is 9.80 Å². The van der Waals surface area contributed by atoms with Gasteiger partial charge in [-0.25, -0.2) is 0 Å². The SMILES string of the molecule is CCC1(CC)C(=O)N(C)C(=S)N(C)C1=O. The third kappa shape index (κ3) is 1.45. The summed E-state index contributed by atoms with van der Waals surface area (Å²) in [4.78, 5) is 26.9. The van der Waals surface area contributed by atoms with E-state index in [1.807, 2.05) is 13.8 Å². The Hall–Kier alpha value is -0.970. The number of nitrogens with zero attached hydrogens (tertiary/aromatic N) is 2. The molecule has 1 rings (SSSR count). The molecule has 0 aromatic heterocycles. The van der Waals surface area contributed by atoms with Gasteiger partial charge in [0.25, 0.3) is 0 Å². The summed E-state index contributed by atoms with van der Waals surface area (Å²) in [5, 5.41) is 0.280. The second kappa shape index (κ2) is 3.89. The van der Waals surface area contributed by atoms with Crippen molar-refractivity contribution in [2.75, 3.05) is 14.1 Å². The first kappa shape index (κ1) is 12.1. The molecule has 0 bridgehead atoms. The van der Waals surface area contributed by atoms with E-state index >= 15 is 0 Å². The number of rotatable bonds is 2. The van der Waals surface area contributed by atoms with Crippen molar-refractivity contribution in [3.63, 3.8) is 0 Å². The Bertz CT molecular complexity index is 297. The maximum absolute atomic E-state index is 12.1. The lowest BCUT2D eigenvalue weighted by molar-refractivity contribution is -0.155. The van der Waals surface area contributed by atoms with Crippen LogP contribution in [0, 0.1) is 5.41 Å². The number of hydrogen-bond acceptors (Lipinski definition) is 3. The molecule has 0 spiro atoms. The van der Waals surface area contributed by atoms with E-state index in [0.29, 0.717) is 12.8 Å². The van der Waals surface area contributed by atoms with Gasteiger partial charge < -0.3 is 0 Å². The Morgan fingerprint density at radius 3 is 1.67 bits per heavy atom. The van der Waals surface area contributed by atoms with E-state index in [4.69, 9.17) is 12.2 Å². The number of thiocarbonyl (C=S) groups is 1. The lowest BCUT2D eigenvalue weighted by Gasteiger charge is -2.42. The van der Waals surface area contributed by atoms with Crippen LogP contribution in [0.15, 0.2) is 0 Å². The number of hydrogen-bond donors (Lipinski definition) is 0. The molecule has 84 valence electrons. The van der Waals surface area contributed by atoms with E-state index in [-0.39, 0.29) is 16.9 Å². The topological polar surface area (TPSA) is 40.6 Å². The molecule has 0 N–H and O–H groups in total. The minimum absolute atomic E-state index is 0.180. The molecule has 0 aromatic rings. The molecule has 0 saturated carbocycles. The predicted molar refractivity (Wildman–Crippen MR) is 61.2 cm³/mol. The second-order valence-electron chi connectivity index (χ2n) is 3.80. The minimum atomic E-state index is -0.911. The van der Waals surface area contributed by atoms with Gasteiger partial charge in [-0.15, -0.1) is 0 Å². The van der Waals surface area contributed by atoms with E-state index in [1.54, 1.807) is 14.1 Å². The van der Waals surface area contributed by atoms with Crippen LogP contribution < -0.4 is 0 Å². The van der Waals surface area contributed by atoms with Crippen molar-refractivity contribution in [2.24, 2.45) is 5.41 Å². The fraction of sp³-hybridized carbons (Fsp3) is 0.700. The molecule has 1 fully saturated rings. The molecule has 1 heterocycles. The highest BCUT2D eigenvalue weighted by atomic mass is 32.1. The molecule has 0 aromatic carbocycles. The average molecular weight is 228 g/mol. The van der Waals surface area contributed by atoms with Crippen LogP contribution in [-0.2, 0) is 9.59 Å². The first-order chi connectivity index (χ1) is 6.92. The second-order valence-corrected chi connectivity index (χ2v) is 4.17. The molecular weight excluding hydrogens is 212 g/mol. The van der Waals surface area contributed by atoms with Gasteiger partial charge in [-0.1, -0.05) is 13.8 Å². The maximum atomic E-state index is 12.1. The van der Waals surface area contributed by atoms with Gasteiger partial charge in [-0.3, -0.25) is 19.4 Å². The summed E-state index contributed by atoms with van der Waals surface area (Å²) in [5.74, 6) is -0.360. The Labute approximate surface area is 95.2 Å². The van der Waals surface area contributed by atoms with Crippen LogP contribution in [0.4, 0.5) is 0 Å². The predicted octanol–water partition coefficient (Wildman–Crippen LogP) is 1.01. The van der Waals surface area contributed by atoms with Crippen LogP contribution in [0.1, 0.15) is 26.7 Å². The molecule has 15 heavy (non-hydrogen) atoms. The van der Waals surface area contributed by atoms with E-state index in [0.717, 1.165) is 0 Å². The largest absolute Gasteiger partial charge is 0.291 e. The highest BCUT2D eigenvalue weighted by molar-refractivity contribution is 7.80. The molecule has 0 aliphatic carbocycles. The standard InChI is InChI=1S/C10H16N2O2S/c1-5-10(6-2)7(13)11(3)9(15)12(4)8(10)14/h5-6H2,1-4H3. The monoisotopic (exact) mass is 228 g/mol. The molecular formula is C10H16N2O2S. The van der Waals surface area contributed by atoms with E-state index in [2.05, 4.69) is 0 Å². The van der Waals surface area contributed by atoms with Crippen LogP contribution in [-0.4, -0.2) is 40.8 Å². The van der Waals surface area contributed by atoms with Crippen LogP contribution in [0.25, 0.3) is 0 Å². The maximum Gasteiger partial charge on any atom is 0.244 e. The quantitative estimate of drug-likeness (QED) is 0.523. The molecule has 1 aliphatic rings. The highest BCUT2D eigenvalue weighted by Crippen LogP contribution is 2.34. The van der Waals surface area contributed by atoms with Crippen LogP contribution in [0.3, 0.4) is 0 Å². The summed E-state index contributed by atoms with van der Waals surface area (Å²) in [5.41, 5.74) is -0.911. The Balaban J connectivity index is 3.23. The van der Waals surface area contributed by atoms with Gasteiger partial charge in [0.05, 0.1) is 0 Å². The molecule has 5 heteroatoms. The fourth-order valence-corrected chi connectivity index (χ4v) is 2.15. The normalized spacial score (nSPS) is 21.2. The highest BCUT2D eigenvalue weighted by Gasteiger charge is 2.51. The zero-order valence-corrected chi connectivity index (χ0v) is 10.3.